The predicted octanol–water partition coefficient (Wildman–Crippen LogP) is 2.23. The molecule has 0 spiro atoms. The molecule has 1 aromatic carbocycles. The van der Waals surface area contributed by atoms with Gasteiger partial charge in [-0.05, 0) is 36.4 Å². The van der Waals surface area contributed by atoms with Gasteiger partial charge in [0.15, 0.2) is 0 Å². The fraction of sp³-hybridized carbons (Fsp3) is 0.368. The van der Waals surface area contributed by atoms with Crippen LogP contribution in [0.5, 0.6) is 0 Å². The number of pyridine rings is 1. The van der Waals surface area contributed by atoms with Gasteiger partial charge in [-0.2, -0.15) is 5.26 Å². The molecule has 0 bridgehead atoms. The molecule has 0 aliphatic carbocycles. The summed E-state index contributed by atoms with van der Waals surface area (Å²) in [6.45, 7) is 7.26. The van der Waals surface area contributed by atoms with Gasteiger partial charge in [-0.3, -0.25) is 0 Å². The molecule has 2 aromatic rings. The maximum absolute atomic E-state index is 12.4. The second-order valence-corrected chi connectivity index (χ2v) is 8.70. The number of aromatic nitrogens is 1. The van der Waals surface area contributed by atoms with Crippen molar-refractivity contribution in [2.45, 2.75) is 18.4 Å². The van der Waals surface area contributed by atoms with Gasteiger partial charge in [-0.25, -0.2) is 18.1 Å². The highest BCUT2D eigenvalue weighted by Gasteiger charge is 2.18. The second kappa shape index (κ2) is 8.88. The van der Waals surface area contributed by atoms with E-state index in [-0.39, 0.29) is 22.0 Å². The Kier molecular flexibility index (Phi) is 6.52. The van der Waals surface area contributed by atoms with Gasteiger partial charge in [0.2, 0.25) is 10.0 Å². The fourth-order valence-corrected chi connectivity index (χ4v) is 4.35. The molecule has 0 atom stereocenters. The molecule has 1 aliphatic rings. The minimum Gasteiger partial charge on any atom is -0.354 e. The van der Waals surface area contributed by atoms with Crippen molar-refractivity contribution in [2.24, 2.45) is 0 Å². The first-order valence-electron chi connectivity index (χ1n) is 9.04. The smallest absolute Gasteiger partial charge is 0.240 e. The summed E-state index contributed by atoms with van der Waals surface area (Å²) in [6.07, 6.45) is 1.69. The summed E-state index contributed by atoms with van der Waals surface area (Å²) in [7, 11) is -3.73. The summed E-state index contributed by atoms with van der Waals surface area (Å²) >= 11 is 5.93. The van der Waals surface area contributed by atoms with Crippen molar-refractivity contribution < 1.29 is 8.42 Å². The van der Waals surface area contributed by atoms with Crippen LogP contribution in [-0.4, -0.2) is 51.0 Å². The molecule has 1 aliphatic heterocycles. The largest absolute Gasteiger partial charge is 0.354 e. The van der Waals surface area contributed by atoms with E-state index in [0.29, 0.717) is 0 Å². The van der Waals surface area contributed by atoms with Gasteiger partial charge in [-0.1, -0.05) is 24.6 Å². The Morgan fingerprint density at radius 1 is 1.21 bits per heavy atom. The molecular weight excluding hydrogens is 398 g/mol. The van der Waals surface area contributed by atoms with Crippen LogP contribution in [0, 0.1) is 11.3 Å². The normalized spacial score (nSPS) is 15.4. The molecule has 1 aromatic heterocycles. The maximum Gasteiger partial charge on any atom is 0.240 e. The van der Waals surface area contributed by atoms with E-state index in [4.69, 9.17) is 16.9 Å². The topological polar surface area (TPSA) is 89.3 Å². The number of benzene rings is 1. The lowest BCUT2D eigenvalue weighted by atomic mass is 10.2. The minimum absolute atomic E-state index is 0.0230. The number of hydrogen-bond acceptors (Lipinski definition) is 6. The van der Waals surface area contributed by atoms with Crippen molar-refractivity contribution in [3.8, 4) is 6.07 Å². The van der Waals surface area contributed by atoms with Crippen LogP contribution in [0.2, 0.25) is 5.02 Å². The van der Waals surface area contributed by atoms with Crippen molar-refractivity contribution in [2.75, 3.05) is 37.6 Å². The third-order valence-corrected chi connectivity index (χ3v) is 6.50. The lowest BCUT2D eigenvalue weighted by molar-refractivity contribution is 0.270. The third-order valence-electron chi connectivity index (χ3n) is 4.79. The van der Waals surface area contributed by atoms with E-state index in [1.165, 1.54) is 18.2 Å². The summed E-state index contributed by atoms with van der Waals surface area (Å²) in [5.41, 5.74) is 0.999. The van der Waals surface area contributed by atoms with Gasteiger partial charge >= 0.3 is 0 Å². The van der Waals surface area contributed by atoms with Crippen LogP contribution in [0.1, 0.15) is 18.1 Å². The number of likely N-dealkylation sites (N-methyl/N-ethyl adjacent to an activating group) is 1. The first kappa shape index (κ1) is 20.6. The standard InChI is InChI=1S/C19H22ClN5O2S/c1-2-24-7-9-25(10-8-24)19-6-3-15(13-22-19)14-23-28(26,27)17-5-4-16(12-21)18(20)11-17/h3-6,11,13,23H,2,7-10,14H2,1H3. The number of hydrogen-bond donors (Lipinski definition) is 1. The van der Waals surface area contributed by atoms with E-state index in [9.17, 15) is 8.42 Å². The van der Waals surface area contributed by atoms with Crippen LogP contribution < -0.4 is 9.62 Å². The Balaban J connectivity index is 1.61. The molecular formula is C19H22ClN5O2S. The van der Waals surface area contributed by atoms with Crippen LogP contribution in [-0.2, 0) is 16.6 Å². The van der Waals surface area contributed by atoms with Crippen molar-refractivity contribution >= 4 is 27.4 Å². The average Bonchev–Trinajstić information content (AvgIpc) is 2.72. The molecule has 9 heteroatoms. The lowest BCUT2D eigenvalue weighted by Gasteiger charge is -2.34. The number of halogens is 1. The van der Waals surface area contributed by atoms with Crippen LogP contribution >= 0.6 is 11.6 Å². The molecule has 0 amide bonds. The zero-order valence-corrected chi connectivity index (χ0v) is 17.2. The summed E-state index contributed by atoms with van der Waals surface area (Å²) in [6, 6.07) is 9.74. The van der Waals surface area contributed by atoms with Gasteiger partial charge in [0.05, 0.1) is 15.5 Å². The SMILES string of the molecule is CCN1CCN(c2ccc(CNS(=O)(=O)c3ccc(C#N)c(Cl)c3)cn2)CC1. The average molecular weight is 420 g/mol. The Morgan fingerprint density at radius 3 is 2.54 bits per heavy atom. The number of nitriles is 1. The number of piperazine rings is 1. The quantitative estimate of drug-likeness (QED) is 0.772. The van der Waals surface area contributed by atoms with Gasteiger partial charge in [0.1, 0.15) is 11.9 Å². The molecule has 28 heavy (non-hydrogen) atoms. The molecule has 7 nitrogen and oxygen atoms in total. The number of nitrogens with one attached hydrogen (secondary N) is 1. The van der Waals surface area contributed by atoms with Crippen LogP contribution in [0.15, 0.2) is 41.4 Å². The van der Waals surface area contributed by atoms with Gasteiger partial charge < -0.3 is 9.80 Å². The number of anilines is 1. The molecule has 3 rings (SSSR count). The van der Waals surface area contributed by atoms with E-state index in [1.807, 2.05) is 18.2 Å². The second-order valence-electron chi connectivity index (χ2n) is 6.52. The molecule has 0 unspecified atom stereocenters. The number of sulfonamides is 1. The number of nitrogens with zero attached hydrogens (tertiary/aromatic N) is 4. The fourth-order valence-electron chi connectivity index (χ4n) is 3.02. The molecule has 2 heterocycles. The summed E-state index contributed by atoms with van der Waals surface area (Å²) in [4.78, 5) is 9.13. The highest BCUT2D eigenvalue weighted by atomic mass is 35.5. The Bertz CT molecular complexity index is 965. The highest BCUT2D eigenvalue weighted by Crippen LogP contribution is 2.20. The zero-order valence-electron chi connectivity index (χ0n) is 15.6. The molecule has 1 N–H and O–H groups in total. The van der Waals surface area contributed by atoms with Gasteiger partial charge in [0.25, 0.3) is 0 Å². The molecule has 1 fully saturated rings. The number of rotatable bonds is 6. The van der Waals surface area contributed by atoms with Crippen molar-refractivity contribution in [1.29, 1.82) is 5.26 Å². The Hall–Kier alpha value is -2.18. The summed E-state index contributed by atoms with van der Waals surface area (Å²) < 4.78 is 27.4. The maximum atomic E-state index is 12.4. The van der Waals surface area contributed by atoms with Gasteiger partial charge in [0, 0.05) is 38.9 Å². The lowest BCUT2D eigenvalue weighted by Crippen LogP contribution is -2.46. The molecule has 1 saturated heterocycles. The van der Waals surface area contributed by atoms with E-state index in [0.717, 1.165) is 44.1 Å². The third kappa shape index (κ3) is 4.80. The van der Waals surface area contributed by atoms with E-state index in [2.05, 4.69) is 26.4 Å². The van der Waals surface area contributed by atoms with Crippen molar-refractivity contribution in [3.63, 3.8) is 0 Å². The zero-order chi connectivity index (χ0) is 20.1. The van der Waals surface area contributed by atoms with E-state index in [1.54, 1.807) is 6.20 Å². The predicted molar refractivity (Wildman–Crippen MR) is 109 cm³/mol. The highest BCUT2D eigenvalue weighted by molar-refractivity contribution is 7.89. The van der Waals surface area contributed by atoms with E-state index < -0.39 is 10.0 Å². The monoisotopic (exact) mass is 419 g/mol. The van der Waals surface area contributed by atoms with Crippen molar-refractivity contribution in [1.82, 2.24) is 14.6 Å². The first-order valence-corrected chi connectivity index (χ1v) is 10.9. The van der Waals surface area contributed by atoms with Crippen molar-refractivity contribution in [3.05, 3.63) is 52.7 Å². The molecule has 0 saturated carbocycles. The van der Waals surface area contributed by atoms with Crippen LogP contribution in [0.4, 0.5) is 5.82 Å². The summed E-state index contributed by atoms with van der Waals surface area (Å²) in [5.74, 6) is 0.904. The molecule has 148 valence electrons. The van der Waals surface area contributed by atoms with Gasteiger partial charge in [-0.15, -0.1) is 0 Å². The van der Waals surface area contributed by atoms with Crippen LogP contribution in [0.25, 0.3) is 0 Å². The minimum atomic E-state index is -3.73. The Morgan fingerprint density at radius 2 is 1.96 bits per heavy atom. The first-order chi connectivity index (χ1) is 13.4. The van der Waals surface area contributed by atoms with Crippen LogP contribution in [0.3, 0.4) is 0 Å². The molecule has 0 radical (unpaired) electrons. The van der Waals surface area contributed by atoms with E-state index >= 15 is 0 Å². The summed E-state index contributed by atoms with van der Waals surface area (Å²) in [5, 5.41) is 9.00. The Labute approximate surface area is 170 Å².